The number of carboxylic acid groups (broad SMARTS) is 1. The first-order valence-corrected chi connectivity index (χ1v) is 6.96. The molecule has 1 aromatic carbocycles. The molecule has 0 heterocycles. The fourth-order valence-electron chi connectivity index (χ4n) is 1.54. The molecule has 0 atom stereocenters. The van der Waals surface area contributed by atoms with Crippen LogP contribution in [0, 0.1) is 0 Å². The van der Waals surface area contributed by atoms with Crippen LogP contribution in [0.5, 0.6) is 0 Å². The number of halogens is 2. The van der Waals surface area contributed by atoms with Gasteiger partial charge in [-0.3, -0.25) is 4.79 Å². The number of benzene rings is 1. The fraction of sp³-hybridized carbons (Fsp3) is 0.385. The molecule has 110 valence electrons. The molecule has 5 nitrogen and oxygen atoms in total. The summed E-state index contributed by atoms with van der Waals surface area (Å²) in [4.78, 5) is 21.9. The summed E-state index contributed by atoms with van der Waals surface area (Å²) in [6, 6.07) is 4.45. The Labute approximate surface area is 127 Å². The number of rotatable bonds is 7. The number of hydrogen-bond acceptors (Lipinski definition) is 2. The molecule has 1 rings (SSSR count). The topological polar surface area (TPSA) is 78.4 Å². The minimum absolute atomic E-state index is 0.159. The molecule has 0 radical (unpaired) electrons. The second-order valence-electron chi connectivity index (χ2n) is 4.21. The number of amides is 2. The monoisotopic (exact) mass is 318 g/mol. The summed E-state index contributed by atoms with van der Waals surface area (Å²) in [7, 11) is 0. The van der Waals surface area contributed by atoms with Gasteiger partial charge < -0.3 is 15.7 Å². The Morgan fingerprint density at radius 1 is 1.15 bits per heavy atom. The minimum atomic E-state index is -0.798. The average Bonchev–Trinajstić information content (AvgIpc) is 2.36. The van der Waals surface area contributed by atoms with Gasteiger partial charge in [-0.15, -0.1) is 0 Å². The highest BCUT2D eigenvalue weighted by atomic mass is 35.5. The largest absolute Gasteiger partial charge is 0.481 e. The van der Waals surface area contributed by atoms with E-state index in [4.69, 9.17) is 28.3 Å². The van der Waals surface area contributed by atoms with Crippen molar-refractivity contribution in [1.82, 2.24) is 5.32 Å². The minimum Gasteiger partial charge on any atom is -0.481 e. The van der Waals surface area contributed by atoms with E-state index in [1.54, 1.807) is 18.2 Å². The molecule has 0 unspecified atom stereocenters. The molecular formula is C13H16Cl2N2O3. The molecule has 0 fully saturated rings. The normalized spacial score (nSPS) is 10.1. The second kappa shape index (κ2) is 8.66. The Kier molecular flexibility index (Phi) is 7.18. The summed E-state index contributed by atoms with van der Waals surface area (Å²) in [5.41, 5.74) is 0.486. The predicted octanol–water partition coefficient (Wildman–Crippen LogP) is 3.76. The number of urea groups is 1. The SMILES string of the molecule is O=C(O)CCCCCNC(=O)Nc1ccc(Cl)cc1Cl. The summed E-state index contributed by atoms with van der Waals surface area (Å²) in [6.07, 6.45) is 2.26. The van der Waals surface area contributed by atoms with Crippen LogP contribution in [-0.4, -0.2) is 23.7 Å². The zero-order chi connectivity index (χ0) is 15.0. The van der Waals surface area contributed by atoms with Gasteiger partial charge in [-0.05, 0) is 31.0 Å². The maximum absolute atomic E-state index is 11.6. The van der Waals surface area contributed by atoms with Gasteiger partial charge in [0.1, 0.15) is 0 Å². The van der Waals surface area contributed by atoms with Crippen molar-refractivity contribution in [3.05, 3.63) is 28.2 Å². The number of unbranched alkanes of at least 4 members (excludes halogenated alkanes) is 2. The molecule has 3 N–H and O–H groups in total. The standard InChI is InChI=1S/C13H16Cl2N2O3/c14-9-5-6-11(10(15)8-9)17-13(20)16-7-3-1-2-4-12(18)19/h5-6,8H,1-4,7H2,(H,18,19)(H2,16,17,20). The maximum atomic E-state index is 11.6. The number of hydrogen-bond donors (Lipinski definition) is 3. The van der Waals surface area contributed by atoms with E-state index in [0.29, 0.717) is 28.7 Å². The van der Waals surface area contributed by atoms with Crippen LogP contribution in [0.4, 0.5) is 10.5 Å². The Morgan fingerprint density at radius 2 is 1.90 bits per heavy atom. The predicted molar refractivity (Wildman–Crippen MR) is 79.6 cm³/mol. The lowest BCUT2D eigenvalue weighted by atomic mass is 10.2. The fourth-order valence-corrected chi connectivity index (χ4v) is 1.99. The molecule has 0 aliphatic carbocycles. The van der Waals surface area contributed by atoms with Crippen molar-refractivity contribution in [1.29, 1.82) is 0 Å². The third kappa shape index (κ3) is 6.63. The molecule has 0 aliphatic heterocycles. The Morgan fingerprint density at radius 3 is 2.55 bits per heavy atom. The lowest BCUT2D eigenvalue weighted by Crippen LogP contribution is -2.29. The zero-order valence-electron chi connectivity index (χ0n) is 10.8. The van der Waals surface area contributed by atoms with Gasteiger partial charge >= 0.3 is 12.0 Å². The molecule has 0 spiro atoms. The molecule has 0 saturated carbocycles. The van der Waals surface area contributed by atoms with E-state index in [9.17, 15) is 9.59 Å². The van der Waals surface area contributed by atoms with E-state index in [1.165, 1.54) is 0 Å². The van der Waals surface area contributed by atoms with Crippen LogP contribution in [0.2, 0.25) is 10.0 Å². The van der Waals surface area contributed by atoms with Crippen molar-refractivity contribution in [2.24, 2.45) is 0 Å². The lowest BCUT2D eigenvalue weighted by Gasteiger charge is -2.09. The third-order valence-corrected chi connectivity index (χ3v) is 3.08. The van der Waals surface area contributed by atoms with Crippen LogP contribution < -0.4 is 10.6 Å². The van der Waals surface area contributed by atoms with Gasteiger partial charge in [-0.2, -0.15) is 0 Å². The Balaban J connectivity index is 2.22. The third-order valence-electron chi connectivity index (χ3n) is 2.53. The molecule has 0 aliphatic rings. The first kappa shape index (κ1) is 16.6. The van der Waals surface area contributed by atoms with Gasteiger partial charge in [0.25, 0.3) is 0 Å². The van der Waals surface area contributed by atoms with Crippen molar-refractivity contribution in [3.8, 4) is 0 Å². The number of nitrogens with one attached hydrogen (secondary N) is 2. The van der Waals surface area contributed by atoms with E-state index in [1.807, 2.05) is 0 Å². The van der Waals surface area contributed by atoms with Gasteiger partial charge in [-0.1, -0.05) is 29.6 Å². The Bertz CT molecular complexity index is 481. The van der Waals surface area contributed by atoms with Gasteiger partial charge in [0, 0.05) is 18.0 Å². The van der Waals surface area contributed by atoms with Crippen LogP contribution >= 0.6 is 23.2 Å². The van der Waals surface area contributed by atoms with Crippen LogP contribution in [0.1, 0.15) is 25.7 Å². The van der Waals surface area contributed by atoms with Crippen molar-refractivity contribution in [3.63, 3.8) is 0 Å². The molecule has 0 aromatic heterocycles. The molecule has 7 heteroatoms. The second-order valence-corrected chi connectivity index (χ2v) is 5.05. The van der Waals surface area contributed by atoms with Gasteiger partial charge in [0.05, 0.1) is 10.7 Å². The summed E-state index contributed by atoms with van der Waals surface area (Å²) >= 11 is 11.7. The molecule has 20 heavy (non-hydrogen) atoms. The number of carboxylic acids is 1. The van der Waals surface area contributed by atoms with E-state index in [0.717, 1.165) is 12.8 Å². The van der Waals surface area contributed by atoms with Crippen LogP contribution in [0.25, 0.3) is 0 Å². The number of carbonyl (C=O) groups excluding carboxylic acids is 1. The van der Waals surface area contributed by atoms with Crippen LogP contribution in [0.3, 0.4) is 0 Å². The van der Waals surface area contributed by atoms with E-state index < -0.39 is 5.97 Å². The number of aliphatic carboxylic acids is 1. The lowest BCUT2D eigenvalue weighted by molar-refractivity contribution is -0.137. The van der Waals surface area contributed by atoms with Crippen molar-refractivity contribution >= 4 is 40.9 Å². The smallest absolute Gasteiger partial charge is 0.319 e. The summed E-state index contributed by atoms with van der Waals surface area (Å²) in [5.74, 6) is -0.798. The average molecular weight is 319 g/mol. The highest BCUT2D eigenvalue weighted by Gasteiger charge is 2.05. The zero-order valence-corrected chi connectivity index (χ0v) is 12.3. The quantitative estimate of drug-likeness (QED) is 0.670. The molecule has 2 amide bonds. The number of carbonyl (C=O) groups is 2. The van der Waals surface area contributed by atoms with Crippen molar-refractivity contribution in [2.75, 3.05) is 11.9 Å². The van der Waals surface area contributed by atoms with E-state index in [-0.39, 0.29) is 12.5 Å². The first-order valence-electron chi connectivity index (χ1n) is 6.20. The van der Waals surface area contributed by atoms with Gasteiger partial charge in [-0.25, -0.2) is 4.79 Å². The molecule has 0 bridgehead atoms. The van der Waals surface area contributed by atoms with Crippen LogP contribution in [0.15, 0.2) is 18.2 Å². The van der Waals surface area contributed by atoms with Gasteiger partial charge in [0.15, 0.2) is 0 Å². The number of anilines is 1. The van der Waals surface area contributed by atoms with Crippen molar-refractivity contribution in [2.45, 2.75) is 25.7 Å². The van der Waals surface area contributed by atoms with Crippen molar-refractivity contribution < 1.29 is 14.7 Å². The highest BCUT2D eigenvalue weighted by Crippen LogP contribution is 2.25. The van der Waals surface area contributed by atoms with Crippen LogP contribution in [-0.2, 0) is 4.79 Å². The Hall–Kier alpha value is -1.46. The summed E-state index contributed by atoms with van der Waals surface area (Å²) in [5, 5.41) is 14.6. The molecular weight excluding hydrogens is 303 g/mol. The van der Waals surface area contributed by atoms with E-state index in [2.05, 4.69) is 10.6 Å². The molecule has 0 saturated heterocycles. The first-order chi connectivity index (χ1) is 9.49. The molecule has 1 aromatic rings. The summed E-state index contributed by atoms with van der Waals surface area (Å²) < 4.78 is 0. The van der Waals surface area contributed by atoms with E-state index >= 15 is 0 Å². The maximum Gasteiger partial charge on any atom is 0.319 e. The van der Waals surface area contributed by atoms with Gasteiger partial charge in [0.2, 0.25) is 0 Å². The highest BCUT2D eigenvalue weighted by molar-refractivity contribution is 6.36. The summed E-state index contributed by atoms with van der Waals surface area (Å²) in [6.45, 7) is 0.483.